The Morgan fingerprint density at radius 3 is 2.50 bits per heavy atom. The van der Waals surface area contributed by atoms with Crippen LogP contribution in [0, 0.1) is 6.92 Å². The van der Waals surface area contributed by atoms with Crippen LogP contribution < -0.4 is 10.1 Å². The molecule has 0 radical (unpaired) electrons. The van der Waals surface area contributed by atoms with Crippen LogP contribution in [-0.4, -0.2) is 6.04 Å². The summed E-state index contributed by atoms with van der Waals surface area (Å²) in [6, 6.07) is 14.7. The van der Waals surface area contributed by atoms with Gasteiger partial charge >= 0.3 is 0 Å². The van der Waals surface area contributed by atoms with Crippen molar-refractivity contribution in [3.8, 4) is 11.5 Å². The van der Waals surface area contributed by atoms with Gasteiger partial charge in [0.15, 0.2) is 0 Å². The molecule has 0 aliphatic heterocycles. The molecule has 1 N–H and O–H groups in total. The fraction of sp³-hybridized carbons (Fsp3) is 0.294. The minimum Gasteiger partial charge on any atom is -0.456 e. The lowest BCUT2D eigenvalue weighted by Gasteiger charge is -2.13. The van der Waals surface area contributed by atoms with Crippen molar-refractivity contribution in [2.45, 2.75) is 33.4 Å². The van der Waals surface area contributed by atoms with E-state index in [2.05, 4.69) is 54.2 Å². The molecule has 0 bridgehead atoms. The van der Waals surface area contributed by atoms with Crippen LogP contribution in [0.2, 0.25) is 0 Å². The molecule has 2 nitrogen and oxygen atoms in total. The van der Waals surface area contributed by atoms with Crippen molar-refractivity contribution in [2.24, 2.45) is 0 Å². The van der Waals surface area contributed by atoms with Gasteiger partial charge in [-0.25, -0.2) is 0 Å². The third-order valence-electron chi connectivity index (χ3n) is 3.01. The van der Waals surface area contributed by atoms with Gasteiger partial charge in [0.05, 0.1) is 4.47 Å². The van der Waals surface area contributed by atoms with Gasteiger partial charge in [-0.2, -0.15) is 0 Å². The lowest BCUT2D eigenvalue weighted by Crippen LogP contribution is -2.21. The summed E-state index contributed by atoms with van der Waals surface area (Å²) in [6.07, 6.45) is 0. The Morgan fingerprint density at radius 1 is 1.10 bits per heavy atom. The van der Waals surface area contributed by atoms with Crippen molar-refractivity contribution < 1.29 is 4.74 Å². The normalized spacial score (nSPS) is 10.8. The van der Waals surface area contributed by atoms with Crippen molar-refractivity contribution in [2.75, 3.05) is 0 Å². The Morgan fingerprint density at radius 2 is 1.85 bits per heavy atom. The van der Waals surface area contributed by atoms with E-state index in [1.807, 2.05) is 30.3 Å². The smallest absolute Gasteiger partial charge is 0.141 e. The van der Waals surface area contributed by atoms with E-state index in [0.717, 1.165) is 28.1 Å². The largest absolute Gasteiger partial charge is 0.456 e. The Kier molecular flexibility index (Phi) is 5.21. The number of halogens is 1. The van der Waals surface area contributed by atoms with Crippen molar-refractivity contribution in [1.29, 1.82) is 0 Å². The molecule has 0 saturated heterocycles. The molecule has 106 valence electrons. The van der Waals surface area contributed by atoms with Crippen LogP contribution >= 0.6 is 15.9 Å². The Balaban J connectivity index is 2.12. The predicted molar refractivity (Wildman–Crippen MR) is 87.4 cm³/mol. The van der Waals surface area contributed by atoms with Crippen molar-refractivity contribution in [1.82, 2.24) is 5.32 Å². The predicted octanol–water partition coefficient (Wildman–Crippen LogP) is 5.05. The SMILES string of the molecule is Cc1cc(CNC(C)C)ccc1Oc1ccccc1Br. The molecule has 0 amide bonds. The summed E-state index contributed by atoms with van der Waals surface area (Å²) < 4.78 is 6.92. The number of hydrogen-bond donors (Lipinski definition) is 1. The van der Waals surface area contributed by atoms with Crippen molar-refractivity contribution in [3.63, 3.8) is 0 Å². The van der Waals surface area contributed by atoms with Crippen molar-refractivity contribution in [3.05, 3.63) is 58.1 Å². The van der Waals surface area contributed by atoms with Gasteiger partial charge in [-0.3, -0.25) is 0 Å². The summed E-state index contributed by atoms with van der Waals surface area (Å²) in [7, 11) is 0. The van der Waals surface area contributed by atoms with E-state index >= 15 is 0 Å². The number of aryl methyl sites for hydroxylation is 1. The molecule has 0 aromatic heterocycles. The summed E-state index contributed by atoms with van der Waals surface area (Å²) in [6.45, 7) is 7.26. The summed E-state index contributed by atoms with van der Waals surface area (Å²) in [4.78, 5) is 0. The highest BCUT2D eigenvalue weighted by Crippen LogP contribution is 2.31. The van der Waals surface area contributed by atoms with Gasteiger partial charge in [0, 0.05) is 12.6 Å². The molecule has 0 aliphatic rings. The number of hydrogen-bond acceptors (Lipinski definition) is 2. The summed E-state index contributed by atoms with van der Waals surface area (Å²) in [5.41, 5.74) is 2.42. The Bertz CT molecular complexity index is 581. The quantitative estimate of drug-likeness (QED) is 0.826. The fourth-order valence-corrected chi connectivity index (χ4v) is 2.27. The maximum atomic E-state index is 5.95. The molecule has 0 spiro atoms. The Labute approximate surface area is 129 Å². The molecular formula is C17H20BrNO. The average molecular weight is 334 g/mol. The fourth-order valence-electron chi connectivity index (χ4n) is 1.90. The maximum Gasteiger partial charge on any atom is 0.141 e. The summed E-state index contributed by atoms with van der Waals surface area (Å²) >= 11 is 3.50. The van der Waals surface area contributed by atoms with E-state index in [4.69, 9.17) is 4.74 Å². The molecule has 0 atom stereocenters. The van der Waals surface area contributed by atoms with E-state index < -0.39 is 0 Å². The van der Waals surface area contributed by atoms with Crippen LogP contribution in [0.5, 0.6) is 11.5 Å². The second kappa shape index (κ2) is 6.91. The number of para-hydroxylation sites is 1. The van der Waals surface area contributed by atoms with Gasteiger partial charge in [-0.05, 0) is 52.2 Å². The van der Waals surface area contributed by atoms with E-state index in [9.17, 15) is 0 Å². The second-order valence-corrected chi connectivity index (χ2v) is 6.02. The number of benzene rings is 2. The van der Waals surface area contributed by atoms with E-state index in [1.54, 1.807) is 0 Å². The van der Waals surface area contributed by atoms with Gasteiger partial charge in [-0.15, -0.1) is 0 Å². The highest BCUT2D eigenvalue weighted by atomic mass is 79.9. The minimum absolute atomic E-state index is 0.492. The highest BCUT2D eigenvalue weighted by molar-refractivity contribution is 9.10. The first-order valence-electron chi connectivity index (χ1n) is 6.81. The van der Waals surface area contributed by atoms with Crippen LogP contribution in [-0.2, 0) is 6.54 Å². The minimum atomic E-state index is 0.492. The standard InChI is InChI=1S/C17H20BrNO/c1-12(2)19-11-14-8-9-16(13(3)10-14)20-17-7-5-4-6-15(17)18/h4-10,12,19H,11H2,1-3H3. The van der Waals surface area contributed by atoms with E-state index in [0.29, 0.717) is 6.04 Å². The molecule has 2 aromatic carbocycles. The zero-order chi connectivity index (χ0) is 14.5. The van der Waals surface area contributed by atoms with Gasteiger partial charge in [0.2, 0.25) is 0 Å². The molecule has 3 heteroatoms. The summed E-state index contributed by atoms with van der Waals surface area (Å²) in [5, 5.41) is 3.42. The average Bonchev–Trinajstić information content (AvgIpc) is 2.41. The van der Waals surface area contributed by atoms with Gasteiger partial charge in [0.25, 0.3) is 0 Å². The molecule has 0 saturated carbocycles. The molecule has 20 heavy (non-hydrogen) atoms. The Hall–Kier alpha value is -1.32. The summed E-state index contributed by atoms with van der Waals surface area (Å²) in [5.74, 6) is 1.73. The van der Waals surface area contributed by atoms with E-state index in [1.165, 1.54) is 5.56 Å². The number of nitrogens with one attached hydrogen (secondary N) is 1. The molecule has 0 fully saturated rings. The third-order valence-corrected chi connectivity index (χ3v) is 3.67. The van der Waals surface area contributed by atoms with Crippen LogP contribution in [0.15, 0.2) is 46.9 Å². The van der Waals surface area contributed by atoms with Gasteiger partial charge in [0.1, 0.15) is 11.5 Å². The monoisotopic (exact) mass is 333 g/mol. The van der Waals surface area contributed by atoms with Crippen LogP contribution in [0.4, 0.5) is 0 Å². The van der Waals surface area contributed by atoms with Crippen LogP contribution in [0.1, 0.15) is 25.0 Å². The van der Waals surface area contributed by atoms with Gasteiger partial charge in [-0.1, -0.05) is 38.1 Å². The van der Waals surface area contributed by atoms with Crippen LogP contribution in [0.25, 0.3) is 0 Å². The highest BCUT2D eigenvalue weighted by Gasteiger charge is 2.05. The first kappa shape index (κ1) is 15.1. The molecule has 0 aliphatic carbocycles. The maximum absolute atomic E-state index is 5.95. The van der Waals surface area contributed by atoms with Gasteiger partial charge < -0.3 is 10.1 Å². The third kappa shape index (κ3) is 4.09. The lowest BCUT2D eigenvalue weighted by atomic mass is 10.1. The molecular weight excluding hydrogens is 314 g/mol. The van der Waals surface area contributed by atoms with Crippen molar-refractivity contribution >= 4 is 15.9 Å². The first-order valence-corrected chi connectivity index (χ1v) is 7.61. The zero-order valence-electron chi connectivity index (χ0n) is 12.1. The molecule has 0 heterocycles. The van der Waals surface area contributed by atoms with E-state index in [-0.39, 0.29) is 0 Å². The number of ether oxygens (including phenoxy) is 1. The second-order valence-electron chi connectivity index (χ2n) is 5.17. The van der Waals surface area contributed by atoms with Crippen LogP contribution in [0.3, 0.4) is 0 Å². The first-order chi connectivity index (χ1) is 9.56. The zero-order valence-corrected chi connectivity index (χ0v) is 13.7. The number of rotatable bonds is 5. The topological polar surface area (TPSA) is 21.3 Å². The molecule has 2 rings (SSSR count). The molecule has 2 aromatic rings. The molecule has 0 unspecified atom stereocenters. The lowest BCUT2D eigenvalue weighted by molar-refractivity contribution is 0.475.